The second-order valence-corrected chi connectivity index (χ2v) is 3.79. The Bertz CT molecular complexity index is 63.9. The molecule has 0 heterocycles. The van der Waals surface area contributed by atoms with E-state index in [0.717, 1.165) is 6.04 Å². The molecule has 0 N–H and O–H groups in total. The zero-order valence-corrected chi connectivity index (χ0v) is 7.66. The highest BCUT2D eigenvalue weighted by molar-refractivity contribution is 7.99. The minimum Gasteiger partial charge on any atom is -0.306 e. The molecule has 0 fully saturated rings. The smallest absolute Gasteiger partial charge is 0.0151 e. The van der Waals surface area contributed by atoms with Crippen molar-refractivity contribution in [2.75, 3.05) is 25.6 Å². The van der Waals surface area contributed by atoms with Crippen LogP contribution in [0.1, 0.15) is 13.8 Å². The number of nitrogens with zero attached hydrogens (tertiary/aromatic N) is 1. The van der Waals surface area contributed by atoms with Crippen LogP contribution in [0.25, 0.3) is 0 Å². The van der Waals surface area contributed by atoms with E-state index in [2.05, 4.69) is 32.8 Å². The Morgan fingerprint density at radius 3 is 2.33 bits per heavy atom. The fourth-order valence-corrected chi connectivity index (χ4v) is 1.31. The van der Waals surface area contributed by atoms with Gasteiger partial charge in [-0.3, -0.25) is 0 Å². The molecule has 0 rings (SSSR count). The van der Waals surface area contributed by atoms with Gasteiger partial charge in [-0.2, -0.15) is 11.8 Å². The van der Waals surface area contributed by atoms with E-state index in [4.69, 9.17) is 0 Å². The second kappa shape index (κ2) is 5.12. The molecule has 9 heavy (non-hydrogen) atoms. The molecule has 1 unspecified atom stereocenters. The molecule has 1 nitrogen and oxygen atoms in total. The minimum atomic E-state index is 0.718. The molecule has 0 saturated carbocycles. The molecule has 56 valence electrons. The quantitative estimate of drug-likeness (QED) is 0.595. The van der Waals surface area contributed by atoms with Crippen LogP contribution in [-0.2, 0) is 0 Å². The van der Waals surface area contributed by atoms with Crippen molar-refractivity contribution in [1.29, 1.82) is 0 Å². The Kier molecular flexibility index (Phi) is 5.30. The van der Waals surface area contributed by atoms with Crippen molar-refractivity contribution in [3.05, 3.63) is 0 Å². The third-order valence-corrected chi connectivity index (χ3v) is 2.57. The van der Waals surface area contributed by atoms with Crippen LogP contribution >= 0.6 is 11.8 Å². The standard InChI is InChI=1S/C7H17NS/c1-5-9-6-7(2)8(3)4/h7H,5-6H2,1-4H3. The van der Waals surface area contributed by atoms with Gasteiger partial charge >= 0.3 is 0 Å². The molecule has 0 amide bonds. The summed E-state index contributed by atoms with van der Waals surface area (Å²) in [6, 6.07) is 0.718. The van der Waals surface area contributed by atoms with Crippen LogP contribution in [0, 0.1) is 0 Å². The summed E-state index contributed by atoms with van der Waals surface area (Å²) in [5.41, 5.74) is 0. The molecular formula is C7H17NS. The highest BCUT2D eigenvalue weighted by atomic mass is 32.2. The summed E-state index contributed by atoms with van der Waals surface area (Å²) in [5, 5.41) is 0. The molecule has 0 aromatic carbocycles. The molecule has 0 aliphatic heterocycles. The fourth-order valence-electron chi connectivity index (χ4n) is 0.437. The lowest BCUT2D eigenvalue weighted by Crippen LogP contribution is -2.26. The molecular weight excluding hydrogens is 130 g/mol. The molecule has 2 heteroatoms. The van der Waals surface area contributed by atoms with Crippen molar-refractivity contribution < 1.29 is 0 Å². The average molecular weight is 147 g/mol. The molecule has 0 spiro atoms. The zero-order chi connectivity index (χ0) is 7.28. The monoisotopic (exact) mass is 147 g/mol. The van der Waals surface area contributed by atoms with Crippen molar-refractivity contribution in [1.82, 2.24) is 4.90 Å². The van der Waals surface area contributed by atoms with Crippen LogP contribution in [0.2, 0.25) is 0 Å². The van der Waals surface area contributed by atoms with Gasteiger partial charge in [0.15, 0.2) is 0 Å². The Labute approximate surface area is 62.8 Å². The summed E-state index contributed by atoms with van der Waals surface area (Å²) in [5.74, 6) is 2.49. The average Bonchev–Trinajstić information content (AvgIpc) is 1.82. The molecule has 0 aromatic heterocycles. The fraction of sp³-hybridized carbons (Fsp3) is 1.00. The number of thioether (sulfide) groups is 1. The first-order valence-electron chi connectivity index (χ1n) is 3.42. The lowest BCUT2D eigenvalue weighted by atomic mass is 10.4. The maximum atomic E-state index is 2.25. The van der Waals surface area contributed by atoms with Gasteiger partial charge in [0.2, 0.25) is 0 Å². The SMILES string of the molecule is CCSCC(C)N(C)C. The van der Waals surface area contributed by atoms with E-state index in [0.29, 0.717) is 0 Å². The van der Waals surface area contributed by atoms with Gasteiger partial charge in [-0.1, -0.05) is 6.92 Å². The summed E-state index contributed by atoms with van der Waals surface area (Å²) in [6.45, 7) is 4.45. The van der Waals surface area contributed by atoms with Gasteiger partial charge in [-0.25, -0.2) is 0 Å². The number of hydrogen-bond donors (Lipinski definition) is 0. The predicted molar refractivity (Wildman–Crippen MR) is 46.1 cm³/mol. The van der Waals surface area contributed by atoms with Gasteiger partial charge in [0.05, 0.1) is 0 Å². The molecule has 0 radical (unpaired) electrons. The zero-order valence-electron chi connectivity index (χ0n) is 6.85. The molecule has 1 atom stereocenters. The molecule has 0 aliphatic carbocycles. The highest BCUT2D eigenvalue weighted by Gasteiger charge is 2.01. The van der Waals surface area contributed by atoms with E-state index in [1.165, 1.54) is 11.5 Å². The summed E-state index contributed by atoms with van der Waals surface area (Å²) in [4.78, 5) is 2.25. The minimum absolute atomic E-state index is 0.718. The third-order valence-electron chi connectivity index (χ3n) is 1.44. The van der Waals surface area contributed by atoms with Crippen molar-refractivity contribution in [2.45, 2.75) is 19.9 Å². The van der Waals surface area contributed by atoms with Crippen LogP contribution in [0.4, 0.5) is 0 Å². The maximum Gasteiger partial charge on any atom is 0.0151 e. The Morgan fingerprint density at radius 1 is 1.44 bits per heavy atom. The van der Waals surface area contributed by atoms with Crippen LogP contribution in [0.3, 0.4) is 0 Å². The molecule has 0 aliphatic rings. The van der Waals surface area contributed by atoms with Crippen molar-refractivity contribution in [3.63, 3.8) is 0 Å². The van der Waals surface area contributed by atoms with Gasteiger partial charge < -0.3 is 4.90 Å². The van der Waals surface area contributed by atoms with Gasteiger partial charge in [-0.05, 0) is 26.8 Å². The number of rotatable bonds is 4. The molecule has 0 aromatic rings. The van der Waals surface area contributed by atoms with E-state index < -0.39 is 0 Å². The van der Waals surface area contributed by atoms with E-state index in [9.17, 15) is 0 Å². The summed E-state index contributed by atoms with van der Waals surface area (Å²) < 4.78 is 0. The normalized spacial score (nSPS) is 14.3. The van der Waals surface area contributed by atoms with Crippen molar-refractivity contribution >= 4 is 11.8 Å². The van der Waals surface area contributed by atoms with Gasteiger partial charge in [0.1, 0.15) is 0 Å². The third kappa shape index (κ3) is 4.79. The molecule has 0 bridgehead atoms. The van der Waals surface area contributed by atoms with Crippen LogP contribution in [-0.4, -0.2) is 36.5 Å². The Hall–Kier alpha value is 0.310. The van der Waals surface area contributed by atoms with Crippen LogP contribution < -0.4 is 0 Å². The van der Waals surface area contributed by atoms with Crippen LogP contribution in [0.5, 0.6) is 0 Å². The van der Waals surface area contributed by atoms with E-state index in [1.54, 1.807) is 0 Å². The largest absolute Gasteiger partial charge is 0.306 e. The molecule has 0 saturated heterocycles. The summed E-state index contributed by atoms with van der Waals surface area (Å²) in [7, 11) is 4.25. The topological polar surface area (TPSA) is 3.24 Å². The first-order valence-corrected chi connectivity index (χ1v) is 4.58. The van der Waals surface area contributed by atoms with E-state index in [1.807, 2.05) is 11.8 Å². The lowest BCUT2D eigenvalue weighted by molar-refractivity contribution is 0.340. The first kappa shape index (κ1) is 9.31. The van der Waals surface area contributed by atoms with Gasteiger partial charge in [0.25, 0.3) is 0 Å². The lowest BCUT2D eigenvalue weighted by Gasteiger charge is -2.18. The summed E-state index contributed by atoms with van der Waals surface area (Å²) >= 11 is 2.00. The van der Waals surface area contributed by atoms with E-state index >= 15 is 0 Å². The van der Waals surface area contributed by atoms with Gasteiger partial charge in [-0.15, -0.1) is 0 Å². The highest BCUT2D eigenvalue weighted by Crippen LogP contribution is 2.04. The first-order chi connectivity index (χ1) is 4.18. The second-order valence-electron chi connectivity index (χ2n) is 2.47. The van der Waals surface area contributed by atoms with Crippen molar-refractivity contribution in [3.8, 4) is 0 Å². The van der Waals surface area contributed by atoms with Crippen molar-refractivity contribution in [2.24, 2.45) is 0 Å². The predicted octanol–water partition coefficient (Wildman–Crippen LogP) is 1.69. The van der Waals surface area contributed by atoms with E-state index in [-0.39, 0.29) is 0 Å². The Morgan fingerprint density at radius 2 is 2.00 bits per heavy atom. The maximum absolute atomic E-state index is 2.25. The summed E-state index contributed by atoms with van der Waals surface area (Å²) in [6.07, 6.45) is 0. The number of hydrogen-bond acceptors (Lipinski definition) is 2. The van der Waals surface area contributed by atoms with Crippen LogP contribution in [0.15, 0.2) is 0 Å². The van der Waals surface area contributed by atoms with Gasteiger partial charge in [0, 0.05) is 11.8 Å². The Balaban J connectivity index is 3.16.